The third-order valence-corrected chi connectivity index (χ3v) is 4.07. The van der Waals surface area contributed by atoms with E-state index in [4.69, 9.17) is 15.2 Å². The highest BCUT2D eigenvalue weighted by Crippen LogP contribution is 2.18. The highest BCUT2D eigenvalue weighted by molar-refractivity contribution is 14.0. The van der Waals surface area contributed by atoms with Crippen LogP contribution in [-0.2, 0) is 11.3 Å². The number of piperidine rings is 1. The number of hydrogen-bond donors (Lipinski definition) is 2. The van der Waals surface area contributed by atoms with Crippen molar-refractivity contribution in [3.8, 4) is 5.75 Å². The molecule has 7 nitrogen and oxygen atoms in total. The van der Waals surface area contributed by atoms with Crippen LogP contribution in [0.15, 0.2) is 29.3 Å². The second-order valence-corrected chi connectivity index (χ2v) is 5.85. The summed E-state index contributed by atoms with van der Waals surface area (Å²) in [6.07, 6.45) is 1.41. The van der Waals surface area contributed by atoms with Crippen LogP contribution < -0.4 is 15.8 Å². The normalized spacial score (nSPS) is 15.2. The van der Waals surface area contributed by atoms with Crippen LogP contribution in [0.25, 0.3) is 0 Å². The molecule has 0 aromatic heterocycles. The molecule has 1 fully saturated rings. The summed E-state index contributed by atoms with van der Waals surface area (Å²) in [5.41, 5.74) is 7.02. The lowest BCUT2D eigenvalue weighted by atomic mass is 10.1. The Kier molecular flexibility index (Phi) is 10.2. The van der Waals surface area contributed by atoms with E-state index in [0.29, 0.717) is 38.8 Å². The maximum absolute atomic E-state index is 11.7. The summed E-state index contributed by atoms with van der Waals surface area (Å²) >= 11 is 0. The van der Waals surface area contributed by atoms with Crippen molar-refractivity contribution in [2.45, 2.75) is 39.3 Å². The molecule has 1 aliphatic rings. The Morgan fingerprint density at radius 3 is 2.62 bits per heavy atom. The van der Waals surface area contributed by atoms with Gasteiger partial charge in [0.25, 0.3) is 0 Å². The van der Waals surface area contributed by atoms with Gasteiger partial charge in [-0.05, 0) is 32.8 Å². The number of nitrogens with one attached hydrogen (secondary N) is 1. The predicted molar refractivity (Wildman–Crippen MR) is 113 cm³/mol. The first-order chi connectivity index (χ1) is 12.1. The standard InChI is InChI=1S/C18H28N4O3.HI/c1-3-24-16-8-6-5-7-14(16)13-20-17(19)21-15-9-11-22(12-10-15)18(23)25-4-2;/h5-8,15H,3-4,9-13H2,1-2H3,(H3,19,20,21);1H. The molecule has 3 N–H and O–H groups in total. The van der Waals surface area contributed by atoms with Gasteiger partial charge in [0, 0.05) is 24.7 Å². The zero-order valence-electron chi connectivity index (χ0n) is 15.4. The largest absolute Gasteiger partial charge is 0.494 e. The molecule has 0 radical (unpaired) electrons. The van der Waals surface area contributed by atoms with E-state index >= 15 is 0 Å². The quantitative estimate of drug-likeness (QED) is 0.375. The zero-order valence-corrected chi connectivity index (χ0v) is 17.8. The molecule has 2 rings (SSSR count). The van der Waals surface area contributed by atoms with Crippen molar-refractivity contribution < 1.29 is 14.3 Å². The Hall–Kier alpha value is -1.71. The molecule has 0 spiro atoms. The van der Waals surface area contributed by atoms with Gasteiger partial charge < -0.3 is 25.4 Å². The lowest BCUT2D eigenvalue weighted by Crippen LogP contribution is -2.48. The summed E-state index contributed by atoms with van der Waals surface area (Å²) in [6.45, 7) is 6.59. The van der Waals surface area contributed by atoms with E-state index in [0.717, 1.165) is 24.2 Å². The van der Waals surface area contributed by atoms with Crippen molar-refractivity contribution in [2.24, 2.45) is 10.7 Å². The number of nitrogens with zero attached hydrogens (tertiary/aromatic N) is 2. The van der Waals surface area contributed by atoms with Crippen LogP contribution in [0.5, 0.6) is 5.75 Å². The Labute approximate surface area is 172 Å². The first-order valence-electron chi connectivity index (χ1n) is 8.82. The molecule has 146 valence electrons. The van der Waals surface area contributed by atoms with Crippen LogP contribution in [0, 0.1) is 0 Å². The van der Waals surface area contributed by atoms with Gasteiger partial charge in [0.2, 0.25) is 0 Å². The fourth-order valence-corrected chi connectivity index (χ4v) is 2.78. The number of carbonyl (C=O) groups excluding carboxylic acids is 1. The second-order valence-electron chi connectivity index (χ2n) is 5.85. The fourth-order valence-electron chi connectivity index (χ4n) is 2.78. The Bertz CT molecular complexity index is 590. The van der Waals surface area contributed by atoms with E-state index in [-0.39, 0.29) is 36.1 Å². The topological polar surface area (TPSA) is 89.2 Å². The van der Waals surface area contributed by atoms with Gasteiger partial charge in [-0.1, -0.05) is 18.2 Å². The predicted octanol–water partition coefficient (Wildman–Crippen LogP) is 2.73. The molecule has 1 saturated heterocycles. The van der Waals surface area contributed by atoms with Crippen molar-refractivity contribution in [1.29, 1.82) is 0 Å². The van der Waals surface area contributed by atoms with Crippen molar-refractivity contribution in [1.82, 2.24) is 10.2 Å². The Morgan fingerprint density at radius 1 is 1.27 bits per heavy atom. The van der Waals surface area contributed by atoms with Gasteiger partial charge in [0.1, 0.15) is 5.75 Å². The van der Waals surface area contributed by atoms with Crippen molar-refractivity contribution >= 4 is 36.0 Å². The summed E-state index contributed by atoms with van der Waals surface area (Å²) in [4.78, 5) is 17.8. The molecular formula is C18H29IN4O3. The van der Waals surface area contributed by atoms with Gasteiger partial charge in [-0.3, -0.25) is 0 Å². The minimum Gasteiger partial charge on any atom is -0.494 e. The van der Waals surface area contributed by atoms with Gasteiger partial charge in [0.05, 0.1) is 19.8 Å². The summed E-state index contributed by atoms with van der Waals surface area (Å²) in [6, 6.07) is 8.04. The van der Waals surface area contributed by atoms with Crippen LogP contribution in [0.4, 0.5) is 4.79 Å². The maximum atomic E-state index is 11.7. The summed E-state index contributed by atoms with van der Waals surface area (Å²) in [7, 11) is 0. The number of rotatable bonds is 6. The smallest absolute Gasteiger partial charge is 0.409 e. The first kappa shape index (κ1) is 22.3. The van der Waals surface area contributed by atoms with Gasteiger partial charge in [0.15, 0.2) is 5.96 Å². The maximum Gasteiger partial charge on any atom is 0.409 e. The molecule has 26 heavy (non-hydrogen) atoms. The monoisotopic (exact) mass is 476 g/mol. The summed E-state index contributed by atoms with van der Waals surface area (Å²) in [5.74, 6) is 1.25. The molecule has 1 heterocycles. The third-order valence-electron chi connectivity index (χ3n) is 4.07. The molecule has 1 aliphatic heterocycles. The van der Waals surface area contributed by atoms with Crippen LogP contribution in [0.2, 0.25) is 0 Å². The van der Waals surface area contributed by atoms with Crippen molar-refractivity contribution in [3.05, 3.63) is 29.8 Å². The van der Waals surface area contributed by atoms with Crippen LogP contribution in [0.3, 0.4) is 0 Å². The molecule has 0 atom stereocenters. The molecule has 1 aromatic rings. The van der Waals surface area contributed by atoms with Crippen molar-refractivity contribution in [3.63, 3.8) is 0 Å². The molecular weight excluding hydrogens is 447 g/mol. The zero-order chi connectivity index (χ0) is 18.1. The number of guanidine groups is 1. The number of benzene rings is 1. The molecule has 1 amide bonds. The molecule has 0 unspecified atom stereocenters. The van der Waals surface area contributed by atoms with Gasteiger partial charge in [-0.15, -0.1) is 24.0 Å². The molecule has 8 heteroatoms. The minimum absolute atomic E-state index is 0. The number of likely N-dealkylation sites (tertiary alicyclic amines) is 1. The van der Waals surface area contributed by atoms with Crippen LogP contribution in [-0.4, -0.2) is 49.3 Å². The second kappa shape index (κ2) is 11.8. The van der Waals surface area contributed by atoms with Crippen molar-refractivity contribution in [2.75, 3.05) is 26.3 Å². The first-order valence-corrected chi connectivity index (χ1v) is 8.82. The van der Waals surface area contributed by atoms with E-state index in [1.165, 1.54) is 0 Å². The van der Waals surface area contributed by atoms with Gasteiger partial charge >= 0.3 is 6.09 Å². The lowest BCUT2D eigenvalue weighted by Gasteiger charge is -2.31. The molecule has 0 saturated carbocycles. The average Bonchev–Trinajstić information content (AvgIpc) is 2.62. The number of amides is 1. The number of aliphatic imine (C=N–C) groups is 1. The highest BCUT2D eigenvalue weighted by Gasteiger charge is 2.23. The van der Waals surface area contributed by atoms with Gasteiger partial charge in [-0.2, -0.15) is 0 Å². The van der Waals surface area contributed by atoms with Crippen LogP contribution >= 0.6 is 24.0 Å². The number of carbonyl (C=O) groups is 1. The molecule has 0 aliphatic carbocycles. The van der Waals surface area contributed by atoms with E-state index in [2.05, 4.69) is 10.3 Å². The Morgan fingerprint density at radius 2 is 1.96 bits per heavy atom. The van der Waals surface area contributed by atoms with Gasteiger partial charge in [-0.25, -0.2) is 9.79 Å². The van der Waals surface area contributed by atoms with E-state index in [1.54, 1.807) is 4.90 Å². The minimum atomic E-state index is -0.241. The fraction of sp³-hybridized carbons (Fsp3) is 0.556. The number of hydrogen-bond acceptors (Lipinski definition) is 4. The van der Waals surface area contributed by atoms with Crippen LogP contribution in [0.1, 0.15) is 32.3 Å². The number of ether oxygens (including phenoxy) is 2. The van der Waals surface area contributed by atoms with E-state index in [9.17, 15) is 4.79 Å². The van der Waals surface area contributed by atoms with E-state index < -0.39 is 0 Å². The Balaban J connectivity index is 0.00000338. The molecule has 1 aromatic carbocycles. The number of nitrogens with two attached hydrogens (primary N) is 1. The molecule has 0 bridgehead atoms. The summed E-state index contributed by atoms with van der Waals surface area (Å²) in [5, 5.41) is 3.24. The summed E-state index contributed by atoms with van der Waals surface area (Å²) < 4.78 is 10.6. The average molecular weight is 476 g/mol. The lowest BCUT2D eigenvalue weighted by molar-refractivity contribution is 0.0963. The third kappa shape index (κ3) is 6.89. The SMILES string of the molecule is CCOC(=O)N1CCC(NC(N)=NCc2ccccc2OCC)CC1.I. The number of para-hydroxylation sites is 1. The van der Waals surface area contributed by atoms with E-state index in [1.807, 2.05) is 38.1 Å². The number of halogens is 1. The highest BCUT2D eigenvalue weighted by atomic mass is 127.